The van der Waals surface area contributed by atoms with E-state index in [4.69, 9.17) is 14.7 Å². The summed E-state index contributed by atoms with van der Waals surface area (Å²) in [5, 5.41) is 13.2. The van der Waals surface area contributed by atoms with E-state index in [2.05, 4.69) is 45.4 Å². The summed E-state index contributed by atoms with van der Waals surface area (Å²) in [5.41, 5.74) is 4.03. The van der Waals surface area contributed by atoms with Crippen LogP contribution in [0.2, 0.25) is 0 Å². The number of aromatic nitrogens is 2. The van der Waals surface area contributed by atoms with Crippen molar-refractivity contribution in [2.75, 3.05) is 69.8 Å². The monoisotopic (exact) mass is 598 g/mol. The molecule has 0 spiro atoms. The summed E-state index contributed by atoms with van der Waals surface area (Å²) in [7, 11) is 3.97. The maximum atomic E-state index is 12.2. The zero-order valence-electron chi connectivity index (χ0n) is 24.7. The second kappa shape index (κ2) is 13.1. The number of carbonyl (C=O) groups excluding carboxylic acids is 1. The van der Waals surface area contributed by atoms with Crippen LogP contribution in [0, 0.1) is 0 Å². The lowest BCUT2D eigenvalue weighted by Crippen LogP contribution is -2.44. The SMILES string of the molecule is CN(C)C/C=C/C(=O)NC1CCN(c2ccc(-c3cc4nc(-c5cccc(O)c5)nc(N5CCOCC5)c4s3)cc2)CC1. The number of benzene rings is 2. The molecule has 43 heavy (non-hydrogen) atoms. The summed E-state index contributed by atoms with van der Waals surface area (Å²) < 4.78 is 6.66. The Balaban J connectivity index is 1.18. The first-order valence-electron chi connectivity index (χ1n) is 14.8. The van der Waals surface area contributed by atoms with Gasteiger partial charge >= 0.3 is 0 Å². The quantitative estimate of drug-likeness (QED) is 0.280. The third kappa shape index (κ3) is 6.98. The van der Waals surface area contributed by atoms with Gasteiger partial charge in [-0.15, -0.1) is 11.3 Å². The number of fused-ring (bicyclic) bond motifs is 1. The highest BCUT2D eigenvalue weighted by atomic mass is 32.1. The van der Waals surface area contributed by atoms with Gasteiger partial charge in [0.2, 0.25) is 5.91 Å². The van der Waals surface area contributed by atoms with Gasteiger partial charge in [-0.05, 0) is 62.8 Å². The first kappa shape index (κ1) is 29.1. The Morgan fingerprint density at radius 3 is 2.51 bits per heavy atom. The van der Waals surface area contributed by atoms with Crippen LogP contribution in [0.4, 0.5) is 11.5 Å². The van der Waals surface area contributed by atoms with Gasteiger partial charge < -0.3 is 29.9 Å². The average Bonchev–Trinajstić information content (AvgIpc) is 3.46. The van der Waals surface area contributed by atoms with Gasteiger partial charge in [-0.1, -0.05) is 30.3 Å². The molecule has 0 bridgehead atoms. The molecule has 2 fully saturated rings. The Hall–Kier alpha value is -3.99. The molecule has 1 amide bonds. The molecule has 0 atom stereocenters. The number of hydrogen-bond acceptors (Lipinski definition) is 9. The van der Waals surface area contributed by atoms with E-state index in [9.17, 15) is 9.90 Å². The zero-order valence-corrected chi connectivity index (χ0v) is 25.5. The Kier molecular flexibility index (Phi) is 8.87. The number of nitrogens with one attached hydrogen (secondary N) is 1. The standard InChI is InChI=1S/C33H38N6O3S/c1-37(2)14-4-7-30(41)34-25-12-15-38(16-13-25)26-10-8-23(9-11-26)29-22-28-31(43-29)33(39-17-19-42-20-18-39)36-32(35-28)24-5-3-6-27(40)21-24/h3-11,21-22,25,40H,12-20H2,1-2H3,(H,34,41)/b7-4+. The molecule has 0 aliphatic carbocycles. The lowest BCUT2D eigenvalue weighted by molar-refractivity contribution is -0.117. The van der Waals surface area contributed by atoms with Crippen molar-refractivity contribution in [2.24, 2.45) is 0 Å². The minimum Gasteiger partial charge on any atom is -0.508 e. The van der Waals surface area contributed by atoms with Crippen molar-refractivity contribution in [1.82, 2.24) is 20.2 Å². The summed E-state index contributed by atoms with van der Waals surface area (Å²) in [6.07, 6.45) is 5.39. The van der Waals surface area contributed by atoms with Gasteiger partial charge in [-0.2, -0.15) is 0 Å². The Morgan fingerprint density at radius 1 is 1.02 bits per heavy atom. The maximum absolute atomic E-state index is 12.2. The Bertz CT molecular complexity index is 1590. The highest BCUT2D eigenvalue weighted by Crippen LogP contribution is 2.39. The van der Waals surface area contributed by atoms with E-state index in [0.717, 1.165) is 77.6 Å². The van der Waals surface area contributed by atoms with Gasteiger partial charge in [0.05, 0.1) is 23.4 Å². The third-order valence-electron chi connectivity index (χ3n) is 7.87. The number of likely N-dealkylation sites (N-methyl/N-ethyl adjacent to an activating group) is 1. The minimum absolute atomic E-state index is 0.0107. The second-order valence-electron chi connectivity index (χ2n) is 11.3. The number of carbonyl (C=O) groups is 1. The van der Waals surface area contributed by atoms with E-state index in [1.807, 2.05) is 37.2 Å². The fourth-order valence-electron chi connectivity index (χ4n) is 5.56. The fourth-order valence-corrected chi connectivity index (χ4v) is 6.68. The van der Waals surface area contributed by atoms with Crippen LogP contribution >= 0.6 is 11.3 Å². The summed E-state index contributed by atoms with van der Waals surface area (Å²) in [5.74, 6) is 1.71. The van der Waals surface area contributed by atoms with Gasteiger partial charge in [-0.25, -0.2) is 9.97 Å². The highest BCUT2D eigenvalue weighted by molar-refractivity contribution is 7.22. The molecule has 0 saturated carbocycles. The first-order valence-corrected chi connectivity index (χ1v) is 15.7. The Morgan fingerprint density at radius 2 is 1.79 bits per heavy atom. The number of thiophene rings is 1. The molecule has 6 rings (SSSR count). The summed E-state index contributed by atoms with van der Waals surface area (Å²) in [4.78, 5) is 30.0. The van der Waals surface area contributed by atoms with Gasteiger partial charge in [0.1, 0.15) is 5.75 Å². The number of aromatic hydroxyl groups is 1. The van der Waals surface area contributed by atoms with Crippen LogP contribution in [-0.2, 0) is 9.53 Å². The van der Waals surface area contributed by atoms with Crippen molar-refractivity contribution in [3.63, 3.8) is 0 Å². The second-order valence-corrected chi connectivity index (χ2v) is 12.4. The smallest absolute Gasteiger partial charge is 0.243 e. The number of anilines is 2. The van der Waals surface area contributed by atoms with Gasteiger partial charge in [0.25, 0.3) is 0 Å². The van der Waals surface area contributed by atoms with Crippen molar-refractivity contribution in [1.29, 1.82) is 0 Å². The van der Waals surface area contributed by atoms with Crippen molar-refractivity contribution >= 4 is 39.0 Å². The number of nitrogens with zero attached hydrogens (tertiary/aromatic N) is 5. The molecule has 10 heteroatoms. The molecule has 9 nitrogen and oxygen atoms in total. The van der Waals surface area contributed by atoms with E-state index in [0.29, 0.717) is 19.0 Å². The van der Waals surface area contributed by atoms with E-state index in [1.165, 1.54) is 5.69 Å². The fraction of sp³-hybridized carbons (Fsp3) is 0.364. The number of ether oxygens (including phenoxy) is 1. The molecule has 0 unspecified atom stereocenters. The first-order chi connectivity index (χ1) is 20.9. The van der Waals surface area contributed by atoms with Gasteiger partial charge in [-0.3, -0.25) is 4.79 Å². The van der Waals surface area contributed by atoms with Crippen LogP contribution in [0.5, 0.6) is 5.75 Å². The molecule has 4 heterocycles. The molecular weight excluding hydrogens is 560 g/mol. The van der Waals surface area contributed by atoms with Crippen LogP contribution in [0.3, 0.4) is 0 Å². The van der Waals surface area contributed by atoms with Crippen molar-refractivity contribution in [3.8, 4) is 27.6 Å². The Labute approximate surface area is 256 Å². The number of amides is 1. The van der Waals surface area contributed by atoms with Crippen LogP contribution in [0.1, 0.15) is 12.8 Å². The number of phenolic OH excluding ortho intramolecular Hbond substituents is 1. The topological polar surface area (TPSA) is 94.1 Å². The molecule has 2 aliphatic heterocycles. The van der Waals surface area contributed by atoms with Gasteiger partial charge in [0, 0.05) is 61.0 Å². The number of morpholine rings is 1. The molecule has 2 aliphatic rings. The van der Waals surface area contributed by atoms with Crippen LogP contribution in [0.25, 0.3) is 32.0 Å². The van der Waals surface area contributed by atoms with E-state index < -0.39 is 0 Å². The van der Waals surface area contributed by atoms with E-state index in [1.54, 1.807) is 29.5 Å². The lowest BCUT2D eigenvalue weighted by atomic mass is 10.0. The number of phenols is 1. The third-order valence-corrected chi connectivity index (χ3v) is 9.04. The molecule has 2 aromatic heterocycles. The number of hydrogen-bond donors (Lipinski definition) is 2. The zero-order chi connectivity index (χ0) is 29.8. The molecule has 0 radical (unpaired) electrons. The van der Waals surface area contributed by atoms with Crippen molar-refractivity contribution < 1.29 is 14.6 Å². The normalized spacial score (nSPS) is 16.4. The summed E-state index contributed by atoms with van der Waals surface area (Å²) in [6, 6.07) is 18.2. The van der Waals surface area contributed by atoms with Crippen molar-refractivity contribution in [2.45, 2.75) is 18.9 Å². The number of piperidine rings is 1. The lowest BCUT2D eigenvalue weighted by Gasteiger charge is -2.33. The minimum atomic E-state index is -0.0107. The molecular formula is C33H38N6O3S. The number of rotatable bonds is 8. The van der Waals surface area contributed by atoms with E-state index >= 15 is 0 Å². The van der Waals surface area contributed by atoms with Crippen molar-refractivity contribution in [3.05, 3.63) is 66.7 Å². The highest BCUT2D eigenvalue weighted by Gasteiger charge is 2.22. The predicted octanol–water partition coefficient (Wildman–Crippen LogP) is 4.77. The largest absolute Gasteiger partial charge is 0.508 e. The van der Waals surface area contributed by atoms with E-state index in [-0.39, 0.29) is 17.7 Å². The maximum Gasteiger partial charge on any atom is 0.243 e. The van der Waals surface area contributed by atoms with Crippen LogP contribution < -0.4 is 15.1 Å². The molecule has 2 saturated heterocycles. The average molecular weight is 599 g/mol. The predicted molar refractivity (Wildman–Crippen MR) is 174 cm³/mol. The van der Waals surface area contributed by atoms with Crippen LogP contribution in [0.15, 0.2) is 66.7 Å². The molecule has 2 aromatic carbocycles. The molecule has 4 aromatic rings. The summed E-state index contributed by atoms with van der Waals surface area (Å²) >= 11 is 1.71. The van der Waals surface area contributed by atoms with Gasteiger partial charge in [0.15, 0.2) is 11.6 Å². The van der Waals surface area contributed by atoms with Crippen LogP contribution in [-0.4, -0.2) is 92.0 Å². The molecule has 2 N–H and O–H groups in total. The summed E-state index contributed by atoms with van der Waals surface area (Å²) in [6.45, 7) is 5.47. The molecule has 224 valence electrons.